The van der Waals surface area contributed by atoms with Crippen LogP contribution in [0.1, 0.15) is 39.5 Å². The van der Waals surface area contributed by atoms with Crippen molar-refractivity contribution in [2.75, 3.05) is 0 Å². The van der Waals surface area contributed by atoms with Gasteiger partial charge in [0, 0.05) is 12.3 Å². The van der Waals surface area contributed by atoms with Crippen LogP contribution in [-0.2, 0) is 14.2 Å². The Morgan fingerprint density at radius 2 is 2.00 bits per heavy atom. The van der Waals surface area contributed by atoms with Gasteiger partial charge in [0.1, 0.15) is 5.60 Å². The van der Waals surface area contributed by atoms with Gasteiger partial charge in [-0.3, -0.25) is 0 Å². The minimum Gasteiger partial charge on any atom is -0.456 e. The summed E-state index contributed by atoms with van der Waals surface area (Å²) in [7, 11) is 5.71. The lowest BCUT2D eigenvalue weighted by Gasteiger charge is -2.55. The second-order valence-electron chi connectivity index (χ2n) is 7.47. The van der Waals surface area contributed by atoms with Crippen LogP contribution < -0.4 is 0 Å². The number of halogens is 3. The standard InChI is InChI=1S/C16H20BF3O3/c1-8-3-4-11-9(7-17)12(16(18,19)20)21-13-15(11)10(8)5-6-14(2,22-13)23-15/h8,10-11,13H,3-7H2,1-2H3/t8-,10+,11+,13-,14+,15-/m1/s1. The molecule has 1 spiro atoms. The van der Waals surface area contributed by atoms with Gasteiger partial charge >= 0.3 is 6.18 Å². The first-order valence-electron chi connectivity index (χ1n) is 8.26. The number of fused-ring (bicyclic) bond motifs is 1. The van der Waals surface area contributed by atoms with E-state index in [2.05, 4.69) is 6.92 Å². The first-order valence-corrected chi connectivity index (χ1v) is 8.26. The van der Waals surface area contributed by atoms with Crippen LogP contribution in [0.5, 0.6) is 0 Å². The van der Waals surface area contributed by atoms with Crippen molar-refractivity contribution < 1.29 is 27.4 Å². The van der Waals surface area contributed by atoms with Crippen LogP contribution in [0, 0.1) is 17.8 Å². The molecule has 2 radical (unpaired) electrons. The normalized spacial score (nSPS) is 48.9. The molecule has 0 amide bonds. The quantitative estimate of drug-likeness (QED) is 0.687. The molecule has 7 heteroatoms. The third-order valence-electron chi connectivity index (χ3n) is 6.16. The number of allylic oxidation sites excluding steroid dienone is 1. The minimum absolute atomic E-state index is 0.137. The fourth-order valence-corrected chi connectivity index (χ4v) is 5.24. The Morgan fingerprint density at radius 3 is 2.65 bits per heavy atom. The zero-order valence-corrected chi connectivity index (χ0v) is 13.3. The lowest BCUT2D eigenvalue weighted by molar-refractivity contribution is -0.248. The lowest BCUT2D eigenvalue weighted by atomic mass is 9.57. The SMILES string of the molecule is [B]CC1=C(C(F)(F)F)O[C@@H]2O[C@]3(C)CC[C@H]4[C@H](C)CC[C@@H]1[C@@]24O3. The topological polar surface area (TPSA) is 27.7 Å². The van der Waals surface area contributed by atoms with Gasteiger partial charge in [0.15, 0.2) is 5.79 Å². The summed E-state index contributed by atoms with van der Waals surface area (Å²) in [5.41, 5.74) is -0.686. The molecule has 126 valence electrons. The van der Waals surface area contributed by atoms with E-state index in [4.69, 9.17) is 22.1 Å². The molecule has 3 nitrogen and oxygen atoms in total. The zero-order valence-electron chi connectivity index (χ0n) is 13.3. The molecule has 3 heterocycles. The van der Waals surface area contributed by atoms with E-state index in [0.717, 1.165) is 12.8 Å². The molecule has 23 heavy (non-hydrogen) atoms. The van der Waals surface area contributed by atoms with Crippen LogP contribution in [0.2, 0.25) is 6.32 Å². The van der Waals surface area contributed by atoms with E-state index >= 15 is 0 Å². The number of hydrogen-bond donors (Lipinski definition) is 0. The highest BCUT2D eigenvalue weighted by Crippen LogP contribution is 2.64. The number of rotatable bonds is 1. The first kappa shape index (κ1) is 15.8. The van der Waals surface area contributed by atoms with Crippen molar-refractivity contribution in [1.82, 2.24) is 0 Å². The van der Waals surface area contributed by atoms with Crippen molar-refractivity contribution >= 4 is 7.85 Å². The van der Waals surface area contributed by atoms with Crippen LogP contribution in [0.15, 0.2) is 11.3 Å². The van der Waals surface area contributed by atoms with E-state index in [1.54, 1.807) is 6.92 Å². The second-order valence-corrected chi connectivity index (χ2v) is 7.47. The number of hydrogen-bond acceptors (Lipinski definition) is 3. The van der Waals surface area contributed by atoms with Crippen LogP contribution >= 0.6 is 0 Å². The van der Waals surface area contributed by atoms with Crippen molar-refractivity contribution in [1.29, 1.82) is 0 Å². The molecule has 0 N–H and O–H groups in total. The van der Waals surface area contributed by atoms with Crippen LogP contribution in [0.3, 0.4) is 0 Å². The molecule has 4 rings (SSSR count). The molecular formula is C16H20BF3O3. The highest BCUT2D eigenvalue weighted by molar-refractivity contribution is 6.10. The first-order chi connectivity index (χ1) is 10.7. The van der Waals surface area contributed by atoms with Gasteiger partial charge in [0.25, 0.3) is 0 Å². The fourth-order valence-electron chi connectivity index (χ4n) is 5.24. The fraction of sp³-hybridized carbons (Fsp3) is 0.875. The third-order valence-corrected chi connectivity index (χ3v) is 6.16. The number of ether oxygens (including phenoxy) is 3. The van der Waals surface area contributed by atoms with E-state index in [1.165, 1.54) is 0 Å². The average molecular weight is 328 g/mol. The molecule has 2 saturated heterocycles. The summed E-state index contributed by atoms with van der Waals surface area (Å²) in [5.74, 6) is -1.70. The van der Waals surface area contributed by atoms with Gasteiger partial charge < -0.3 is 14.2 Å². The summed E-state index contributed by atoms with van der Waals surface area (Å²) in [6, 6.07) is 0. The van der Waals surface area contributed by atoms with Crippen molar-refractivity contribution in [2.45, 2.75) is 69.7 Å². The largest absolute Gasteiger partial charge is 0.456 e. The summed E-state index contributed by atoms with van der Waals surface area (Å²) in [6.45, 7) is 3.94. The maximum absolute atomic E-state index is 13.4. The van der Waals surface area contributed by atoms with Crippen LogP contribution in [0.25, 0.3) is 0 Å². The Balaban J connectivity index is 1.87. The Bertz CT molecular complexity index is 563. The summed E-state index contributed by atoms with van der Waals surface area (Å²) in [4.78, 5) is 0. The maximum Gasteiger partial charge on any atom is 0.448 e. The van der Waals surface area contributed by atoms with Gasteiger partial charge in [0.2, 0.25) is 12.0 Å². The molecule has 2 bridgehead atoms. The Kier molecular flexibility index (Phi) is 3.22. The molecule has 0 aromatic heterocycles. The van der Waals surface area contributed by atoms with E-state index < -0.39 is 29.6 Å². The van der Waals surface area contributed by atoms with Crippen molar-refractivity contribution in [3.05, 3.63) is 11.3 Å². The number of alkyl halides is 3. The molecule has 4 aliphatic rings. The summed E-state index contributed by atoms with van der Waals surface area (Å²) in [6.07, 6.45) is -2.67. The monoisotopic (exact) mass is 328 g/mol. The summed E-state index contributed by atoms with van der Waals surface area (Å²) < 4.78 is 57.8. The molecular weight excluding hydrogens is 308 g/mol. The van der Waals surface area contributed by atoms with Crippen molar-refractivity contribution in [3.8, 4) is 0 Å². The molecule has 3 fully saturated rings. The van der Waals surface area contributed by atoms with Gasteiger partial charge in [-0.1, -0.05) is 13.2 Å². The predicted octanol–water partition coefficient (Wildman–Crippen LogP) is 3.70. The molecule has 1 aliphatic carbocycles. The second kappa shape index (κ2) is 4.69. The van der Waals surface area contributed by atoms with E-state index in [1.807, 2.05) is 0 Å². The van der Waals surface area contributed by atoms with Crippen molar-refractivity contribution in [3.63, 3.8) is 0 Å². The Morgan fingerprint density at radius 1 is 1.26 bits per heavy atom. The van der Waals surface area contributed by atoms with Gasteiger partial charge in [-0.05, 0) is 43.6 Å². The van der Waals surface area contributed by atoms with Crippen LogP contribution in [0.4, 0.5) is 13.2 Å². The summed E-state index contributed by atoms with van der Waals surface area (Å²) >= 11 is 0. The zero-order chi connectivity index (χ0) is 16.6. The van der Waals surface area contributed by atoms with Gasteiger partial charge in [-0.25, -0.2) is 0 Å². The molecule has 1 saturated carbocycles. The lowest BCUT2D eigenvalue weighted by Crippen LogP contribution is -2.62. The smallest absolute Gasteiger partial charge is 0.448 e. The highest BCUT2D eigenvalue weighted by Gasteiger charge is 2.71. The highest BCUT2D eigenvalue weighted by atomic mass is 19.4. The van der Waals surface area contributed by atoms with E-state index in [-0.39, 0.29) is 23.7 Å². The van der Waals surface area contributed by atoms with Gasteiger partial charge in [-0.2, -0.15) is 13.2 Å². The predicted molar refractivity (Wildman–Crippen MR) is 76.4 cm³/mol. The van der Waals surface area contributed by atoms with Gasteiger partial charge in [0.05, 0.1) is 7.85 Å². The minimum atomic E-state index is -4.56. The van der Waals surface area contributed by atoms with Crippen molar-refractivity contribution in [2.24, 2.45) is 17.8 Å². The Hall–Kier alpha value is -0.685. The molecule has 6 atom stereocenters. The van der Waals surface area contributed by atoms with Crippen LogP contribution in [-0.4, -0.2) is 31.7 Å². The van der Waals surface area contributed by atoms with E-state index in [0.29, 0.717) is 18.8 Å². The maximum atomic E-state index is 13.4. The van der Waals surface area contributed by atoms with Gasteiger partial charge in [-0.15, -0.1) is 0 Å². The Labute approximate surface area is 134 Å². The average Bonchev–Trinajstić information content (AvgIpc) is 2.68. The van der Waals surface area contributed by atoms with E-state index in [9.17, 15) is 13.2 Å². The molecule has 0 unspecified atom stereocenters. The summed E-state index contributed by atoms with van der Waals surface area (Å²) in [5, 5.41) is 0. The molecule has 0 aromatic carbocycles. The molecule has 0 aromatic rings. The third kappa shape index (κ3) is 1.98. The molecule has 3 aliphatic heterocycles.